The molecule has 1 saturated heterocycles. The fraction of sp³-hybridized carbons (Fsp3) is 0.611. The summed E-state index contributed by atoms with van der Waals surface area (Å²) in [5.41, 5.74) is 1.02. The SMILES string of the molecule is CC(C)C(CNC(=O)N(C)Cc1cccc(Cl)c1)N1CCOCC1. The summed E-state index contributed by atoms with van der Waals surface area (Å²) in [7, 11) is 1.80. The molecule has 1 aromatic rings. The highest BCUT2D eigenvalue weighted by Crippen LogP contribution is 2.14. The lowest BCUT2D eigenvalue weighted by atomic mass is 10.0. The smallest absolute Gasteiger partial charge is 0.317 e. The van der Waals surface area contributed by atoms with Gasteiger partial charge >= 0.3 is 6.03 Å². The molecule has 1 heterocycles. The molecular formula is C18H28ClN3O2. The molecule has 1 N–H and O–H groups in total. The van der Waals surface area contributed by atoms with Crippen molar-refractivity contribution < 1.29 is 9.53 Å². The molecule has 24 heavy (non-hydrogen) atoms. The van der Waals surface area contributed by atoms with Crippen molar-refractivity contribution >= 4 is 17.6 Å². The highest BCUT2D eigenvalue weighted by molar-refractivity contribution is 6.30. The maximum Gasteiger partial charge on any atom is 0.317 e. The summed E-state index contributed by atoms with van der Waals surface area (Å²) in [6.45, 7) is 8.97. The Bertz CT molecular complexity index is 533. The van der Waals surface area contributed by atoms with Gasteiger partial charge < -0.3 is 15.0 Å². The number of hydrogen-bond acceptors (Lipinski definition) is 3. The fourth-order valence-electron chi connectivity index (χ4n) is 3.00. The molecule has 2 amide bonds. The Morgan fingerprint density at radius 1 is 1.38 bits per heavy atom. The monoisotopic (exact) mass is 353 g/mol. The minimum Gasteiger partial charge on any atom is -0.379 e. The summed E-state index contributed by atoms with van der Waals surface area (Å²) >= 11 is 6.00. The summed E-state index contributed by atoms with van der Waals surface area (Å²) in [6, 6.07) is 7.86. The van der Waals surface area contributed by atoms with Gasteiger partial charge in [0.15, 0.2) is 0 Å². The minimum atomic E-state index is -0.0612. The van der Waals surface area contributed by atoms with Crippen molar-refractivity contribution in [3.8, 4) is 0 Å². The molecule has 0 saturated carbocycles. The van der Waals surface area contributed by atoms with E-state index in [0.29, 0.717) is 30.1 Å². The van der Waals surface area contributed by atoms with Crippen LogP contribution in [-0.2, 0) is 11.3 Å². The van der Waals surface area contributed by atoms with Crippen LogP contribution in [0.5, 0.6) is 0 Å². The predicted octanol–water partition coefficient (Wildman–Crippen LogP) is 2.84. The first kappa shape index (κ1) is 19.0. The average Bonchev–Trinajstić information content (AvgIpc) is 2.55. The Kier molecular flexibility index (Phi) is 7.34. The molecule has 0 spiro atoms. The van der Waals surface area contributed by atoms with Crippen LogP contribution in [0.25, 0.3) is 0 Å². The number of hydrogen-bond donors (Lipinski definition) is 1. The van der Waals surface area contributed by atoms with Crippen molar-refractivity contribution in [3.05, 3.63) is 34.9 Å². The number of carbonyl (C=O) groups is 1. The van der Waals surface area contributed by atoms with E-state index in [-0.39, 0.29) is 6.03 Å². The highest BCUT2D eigenvalue weighted by atomic mass is 35.5. The fourth-order valence-corrected chi connectivity index (χ4v) is 3.22. The second-order valence-corrected chi connectivity index (χ2v) is 7.07. The quantitative estimate of drug-likeness (QED) is 0.855. The highest BCUT2D eigenvalue weighted by Gasteiger charge is 2.24. The second-order valence-electron chi connectivity index (χ2n) is 6.63. The van der Waals surface area contributed by atoms with E-state index in [1.807, 2.05) is 24.3 Å². The third-order valence-electron chi connectivity index (χ3n) is 4.40. The van der Waals surface area contributed by atoms with E-state index in [9.17, 15) is 4.79 Å². The number of nitrogens with zero attached hydrogens (tertiary/aromatic N) is 2. The maximum absolute atomic E-state index is 12.4. The van der Waals surface area contributed by atoms with E-state index in [0.717, 1.165) is 31.9 Å². The van der Waals surface area contributed by atoms with Crippen molar-refractivity contribution in [2.75, 3.05) is 39.9 Å². The Labute approximate surface area is 149 Å². The van der Waals surface area contributed by atoms with Crippen molar-refractivity contribution in [2.45, 2.75) is 26.4 Å². The van der Waals surface area contributed by atoms with Gasteiger partial charge in [-0.3, -0.25) is 4.90 Å². The summed E-state index contributed by atoms with van der Waals surface area (Å²) < 4.78 is 5.42. The molecule has 1 unspecified atom stereocenters. The van der Waals surface area contributed by atoms with E-state index < -0.39 is 0 Å². The molecule has 1 aliphatic heterocycles. The molecular weight excluding hydrogens is 326 g/mol. The normalized spacial score (nSPS) is 16.9. The largest absolute Gasteiger partial charge is 0.379 e. The van der Waals surface area contributed by atoms with E-state index in [1.54, 1.807) is 11.9 Å². The standard InChI is InChI=1S/C18H28ClN3O2/c1-14(2)17(22-7-9-24-10-8-22)12-20-18(23)21(3)13-15-5-4-6-16(19)11-15/h4-6,11,14,17H,7-10,12-13H2,1-3H3,(H,20,23). The summed E-state index contributed by atoms with van der Waals surface area (Å²) in [5.74, 6) is 0.474. The van der Waals surface area contributed by atoms with Crippen LogP contribution in [0.1, 0.15) is 19.4 Å². The van der Waals surface area contributed by atoms with Crippen LogP contribution >= 0.6 is 11.6 Å². The minimum absolute atomic E-state index is 0.0612. The first-order chi connectivity index (χ1) is 11.5. The zero-order chi connectivity index (χ0) is 17.5. The van der Waals surface area contributed by atoms with Crippen LogP contribution in [0.4, 0.5) is 4.79 Å². The molecule has 1 aliphatic rings. The number of amides is 2. The summed E-state index contributed by atoms with van der Waals surface area (Å²) in [4.78, 5) is 16.5. The molecule has 6 heteroatoms. The molecule has 5 nitrogen and oxygen atoms in total. The molecule has 134 valence electrons. The molecule has 1 aromatic carbocycles. The number of rotatable bonds is 6. The van der Waals surface area contributed by atoms with Gasteiger partial charge in [-0.1, -0.05) is 37.6 Å². The lowest BCUT2D eigenvalue weighted by Crippen LogP contribution is -2.52. The molecule has 0 aromatic heterocycles. The van der Waals surface area contributed by atoms with Crippen LogP contribution in [0.15, 0.2) is 24.3 Å². The van der Waals surface area contributed by atoms with Crippen molar-refractivity contribution in [3.63, 3.8) is 0 Å². The zero-order valence-corrected chi connectivity index (χ0v) is 15.6. The van der Waals surface area contributed by atoms with E-state index >= 15 is 0 Å². The van der Waals surface area contributed by atoms with Crippen molar-refractivity contribution in [1.82, 2.24) is 15.1 Å². The van der Waals surface area contributed by atoms with Crippen molar-refractivity contribution in [2.24, 2.45) is 5.92 Å². The summed E-state index contributed by atoms with van der Waals surface area (Å²) in [5, 5.41) is 3.76. The van der Waals surface area contributed by atoms with E-state index in [2.05, 4.69) is 24.1 Å². The van der Waals surface area contributed by atoms with Gasteiger partial charge in [0.2, 0.25) is 0 Å². The van der Waals surface area contributed by atoms with E-state index in [1.165, 1.54) is 0 Å². The van der Waals surface area contributed by atoms with Gasteiger partial charge in [-0.2, -0.15) is 0 Å². The van der Waals surface area contributed by atoms with Crippen LogP contribution in [0.2, 0.25) is 5.02 Å². The third-order valence-corrected chi connectivity index (χ3v) is 4.64. The lowest BCUT2D eigenvalue weighted by Gasteiger charge is -2.37. The molecule has 0 radical (unpaired) electrons. The lowest BCUT2D eigenvalue weighted by molar-refractivity contribution is 0.00697. The number of halogens is 1. The van der Waals surface area contributed by atoms with Crippen molar-refractivity contribution in [1.29, 1.82) is 0 Å². The van der Waals surface area contributed by atoms with Gasteiger partial charge in [-0.15, -0.1) is 0 Å². The topological polar surface area (TPSA) is 44.8 Å². The van der Waals surface area contributed by atoms with Gasteiger partial charge in [0.1, 0.15) is 0 Å². The maximum atomic E-state index is 12.4. The molecule has 1 atom stereocenters. The Morgan fingerprint density at radius 3 is 2.71 bits per heavy atom. The third kappa shape index (κ3) is 5.65. The number of ether oxygens (including phenoxy) is 1. The zero-order valence-electron chi connectivity index (χ0n) is 14.8. The average molecular weight is 354 g/mol. The first-order valence-electron chi connectivity index (χ1n) is 8.52. The molecule has 1 fully saturated rings. The predicted molar refractivity (Wildman–Crippen MR) is 97.3 cm³/mol. The Balaban J connectivity index is 1.85. The summed E-state index contributed by atoms with van der Waals surface area (Å²) in [6.07, 6.45) is 0. The Morgan fingerprint density at radius 2 is 2.08 bits per heavy atom. The number of nitrogens with one attached hydrogen (secondary N) is 1. The van der Waals surface area contributed by atoms with Crippen LogP contribution in [0.3, 0.4) is 0 Å². The second kappa shape index (κ2) is 9.25. The molecule has 2 rings (SSSR count). The number of benzene rings is 1. The van der Waals surface area contributed by atoms with Crippen LogP contribution < -0.4 is 5.32 Å². The number of carbonyl (C=O) groups excluding carboxylic acids is 1. The van der Waals surface area contributed by atoms with Crippen LogP contribution in [0, 0.1) is 5.92 Å². The van der Waals surface area contributed by atoms with Gasteiger partial charge in [0, 0.05) is 44.3 Å². The van der Waals surface area contributed by atoms with Gasteiger partial charge in [-0.25, -0.2) is 4.79 Å². The van der Waals surface area contributed by atoms with Crippen LogP contribution in [-0.4, -0.2) is 61.8 Å². The van der Waals surface area contributed by atoms with Gasteiger partial charge in [0.25, 0.3) is 0 Å². The number of urea groups is 1. The van der Waals surface area contributed by atoms with Gasteiger partial charge in [-0.05, 0) is 23.6 Å². The van der Waals surface area contributed by atoms with Gasteiger partial charge in [0.05, 0.1) is 13.2 Å². The first-order valence-corrected chi connectivity index (χ1v) is 8.90. The molecule has 0 aliphatic carbocycles. The Hall–Kier alpha value is -1.30. The molecule has 0 bridgehead atoms. The van der Waals surface area contributed by atoms with E-state index in [4.69, 9.17) is 16.3 Å². The number of morpholine rings is 1.